The molecule has 0 atom stereocenters. The molecule has 30 heavy (non-hydrogen) atoms. The summed E-state index contributed by atoms with van der Waals surface area (Å²) in [6, 6.07) is 11.9. The number of imidazole rings is 1. The number of hydrogen-bond acceptors (Lipinski definition) is 3. The first-order chi connectivity index (χ1) is 14.5. The smallest absolute Gasteiger partial charge is 0.320 e. The third kappa shape index (κ3) is 3.14. The molecule has 0 N–H and O–H groups in total. The average molecular weight is 408 g/mol. The molecule has 0 radical (unpaired) electrons. The van der Waals surface area contributed by atoms with Gasteiger partial charge < -0.3 is 4.57 Å². The third-order valence-electron chi connectivity index (χ3n) is 5.40. The van der Waals surface area contributed by atoms with Crippen molar-refractivity contribution in [3.8, 4) is 5.69 Å². The van der Waals surface area contributed by atoms with E-state index in [1.807, 2.05) is 0 Å². The summed E-state index contributed by atoms with van der Waals surface area (Å²) in [4.78, 5) is 30.7. The lowest BCUT2D eigenvalue weighted by atomic mass is 10.2. The van der Waals surface area contributed by atoms with Crippen LogP contribution in [0.5, 0.6) is 0 Å². The number of rotatable bonds is 5. The molecule has 4 aromatic rings. The van der Waals surface area contributed by atoms with Crippen molar-refractivity contribution in [2.75, 3.05) is 0 Å². The Balaban J connectivity index is 1.77. The van der Waals surface area contributed by atoms with E-state index in [1.54, 1.807) is 24.3 Å². The Labute approximate surface area is 169 Å². The van der Waals surface area contributed by atoms with Gasteiger partial charge in [-0.05, 0) is 43.0 Å². The highest BCUT2D eigenvalue weighted by Crippen LogP contribution is 2.30. The number of aromatic nitrogens is 4. The molecule has 6 nitrogen and oxygen atoms in total. The van der Waals surface area contributed by atoms with Crippen LogP contribution >= 0.6 is 0 Å². The summed E-state index contributed by atoms with van der Waals surface area (Å²) in [7, 11) is 0. The first-order valence-electron chi connectivity index (χ1n) is 9.73. The molecule has 0 saturated heterocycles. The summed E-state index contributed by atoms with van der Waals surface area (Å²) < 4.78 is 32.0. The van der Waals surface area contributed by atoms with Crippen molar-refractivity contribution in [3.63, 3.8) is 0 Å². The average Bonchev–Trinajstić information content (AvgIpc) is 3.46. The van der Waals surface area contributed by atoms with Gasteiger partial charge in [-0.3, -0.25) is 9.36 Å². The van der Waals surface area contributed by atoms with Crippen LogP contribution in [-0.2, 0) is 13.1 Å². The van der Waals surface area contributed by atoms with Crippen molar-refractivity contribution in [1.29, 1.82) is 0 Å². The van der Waals surface area contributed by atoms with Gasteiger partial charge in [-0.1, -0.05) is 24.3 Å². The Kier molecular flexibility index (Phi) is 4.34. The summed E-state index contributed by atoms with van der Waals surface area (Å²) in [6.45, 7) is 0.386. The van der Waals surface area contributed by atoms with E-state index >= 15 is 0 Å². The number of nitrogens with zero attached hydrogens (tertiary/aromatic N) is 4. The van der Waals surface area contributed by atoms with Gasteiger partial charge in [0.2, 0.25) is 0 Å². The zero-order valence-corrected chi connectivity index (χ0v) is 16.0. The quantitative estimate of drug-likeness (QED) is 0.510. The molecule has 0 spiro atoms. The molecule has 2 aromatic carbocycles. The van der Waals surface area contributed by atoms with E-state index < -0.39 is 22.9 Å². The van der Waals surface area contributed by atoms with E-state index in [0.717, 1.165) is 12.8 Å². The van der Waals surface area contributed by atoms with Gasteiger partial charge in [-0.2, -0.15) is 0 Å². The van der Waals surface area contributed by atoms with Crippen molar-refractivity contribution < 1.29 is 8.78 Å². The second kappa shape index (κ2) is 7.05. The van der Waals surface area contributed by atoms with Crippen LogP contribution in [0.15, 0.2) is 64.4 Å². The fraction of sp³-hybridized carbons (Fsp3) is 0.227. The van der Waals surface area contributed by atoms with Gasteiger partial charge in [0, 0.05) is 12.1 Å². The summed E-state index contributed by atoms with van der Waals surface area (Å²) in [5.74, 6) is -0.619. The molecule has 5 rings (SSSR count). The molecule has 1 fully saturated rings. The molecule has 0 amide bonds. The van der Waals surface area contributed by atoms with Gasteiger partial charge in [0.05, 0.1) is 18.6 Å². The molecule has 0 aliphatic heterocycles. The maximum absolute atomic E-state index is 14.2. The zero-order valence-electron chi connectivity index (χ0n) is 16.0. The standard InChI is InChI=1S/C22H18F2N4O2/c23-16-5-3-6-17(10-16)28-20-19(21(29)27(22(28)30)11-14-8-9-14)26(13-25-20)12-15-4-1-2-7-18(15)24/h1-7,10,13-14H,8-9,11-12H2. The van der Waals surface area contributed by atoms with Crippen LogP contribution in [0.2, 0.25) is 0 Å². The van der Waals surface area contributed by atoms with Gasteiger partial charge >= 0.3 is 5.69 Å². The third-order valence-corrected chi connectivity index (χ3v) is 5.40. The maximum Gasteiger partial charge on any atom is 0.337 e. The topological polar surface area (TPSA) is 61.8 Å². The van der Waals surface area contributed by atoms with Gasteiger partial charge in [-0.15, -0.1) is 0 Å². The maximum atomic E-state index is 14.2. The second-order valence-corrected chi connectivity index (χ2v) is 7.59. The number of benzene rings is 2. The highest BCUT2D eigenvalue weighted by Gasteiger charge is 2.26. The first kappa shape index (κ1) is 18.5. The SMILES string of the molecule is O=c1c2c(ncn2Cc2ccccc2F)n(-c2cccc(F)c2)c(=O)n1CC1CC1. The van der Waals surface area contributed by atoms with Crippen LogP contribution in [0.4, 0.5) is 8.78 Å². The van der Waals surface area contributed by atoms with E-state index in [4.69, 9.17) is 0 Å². The van der Waals surface area contributed by atoms with E-state index in [9.17, 15) is 18.4 Å². The van der Waals surface area contributed by atoms with E-state index in [0.29, 0.717) is 12.1 Å². The number of fused-ring (bicyclic) bond motifs is 1. The van der Waals surface area contributed by atoms with Gasteiger partial charge in [0.25, 0.3) is 5.56 Å². The van der Waals surface area contributed by atoms with Crippen LogP contribution < -0.4 is 11.2 Å². The monoisotopic (exact) mass is 408 g/mol. The molecule has 1 aliphatic carbocycles. The molecule has 1 saturated carbocycles. The lowest BCUT2D eigenvalue weighted by molar-refractivity contribution is 0.565. The van der Waals surface area contributed by atoms with E-state index in [1.165, 1.54) is 44.3 Å². The minimum Gasteiger partial charge on any atom is -0.320 e. The fourth-order valence-corrected chi connectivity index (χ4v) is 3.68. The Bertz CT molecular complexity index is 1380. The molecule has 1 aliphatic rings. The van der Waals surface area contributed by atoms with E-state index in [2.05, 4.69) is 4.98 Å². The van der Waals surface area contributed by atoms with Crippen molar-refractivity contribution in [3.05, 3.63) is 92.9 Å². The first-order valence-corrected chi connectivity index (χ1v) is 9.73. The van der Waals surface area contributed by atoms with Gasteiger partial charge in [0.1, 0.15) is 11.6 Å². The Morgan fingerprint density at radius 2 is 1.83 bits per heavy atom. The second-order valence-electron chi connectivity index (χ2n) is 7.59. The number of halogens is 2. The minimum atomic E-state index is -0.554. The van der Waals surface area contributed by atoms with E-state index in [-0.39, 0.29) is 29.3 Å². The molecule has 2 heterocycles. The normalized spacial score (nSPS) is 13.8. The van der Waals surface area contributed by atoms with Crippen molar-refractivity contribution in [2.45, 2.75) is 25.9 Å². The van der Waals surface area contributed by atoms with Crippen molar-refractivity contribution in [2.24, 2.45) is 5.92 Å². The largest absolute Gasteiger partial charge is 0.337 e. The molecule has 0 unspecified atom stereocenters. The lowest BCUT2D eigenvalue weighted by Crippen LogP contribution is -2.40. The summed E-state index contributed by atoms with van der Waals surface area (Å²) >= 11 is 0. The fourth-order valence-electron chi connectivity index (χ4n) is 3.68. The molecule has 2 aromatic heterocycles. The predicted molar refractivity (Wildman–Crippen MR) is 108 cm³/mol. The highest BCUT2D eigenvalue weighted by molar-refractivity contribution is 5.72. The molecule has 152 valence electrons. The predicted octanol–water partition coefficient (Wildman–Crippen LogP) is 3.09. The van der Waals surface area contributed by atoms with Crippen LogP contribution in [0.3, 0.4) is 0 Å². The molecule has 0 bridgehead atoms. The van der Waals surface area contributed by atoms with Crippen LogP contribution in [-0.4, -0.2) is 18.7 Å². The van der Waals surface area contributed by atoms with Crippen molar-refractivity contribution >= 4 is 11.2 Å². The van der Waals surface area contributed by atoms with Crippen LogP contribution in [0, 0.1) is 17.6 Å². The molecule has 8 heteroatoms. The van der Waals surface area contributed by atoms with Crippen LogP contribution in [0.25, 0.3) is 16.9 Å². The Morgan fingerprint density at radius 3 is 2.57 bits per heavy atom. The Hall–Kier alpha value is -3.55. The van der Waals surface area contributed by atoms with Crippen molar-refractivity contribution in [1.82, 2.24) is 18.7 Å². The van der Waals surface area contributed by atoms with Gasteiger partial charge in [-0.25, -0.2) is 23.1 Å². The molecular weight excluding hydrogens is 390 g/mol. The summed E-state index contributed by atoms with van der Waals surface area (Å²) in [5.41, 5.74) is -0.0366. The number of hydrogen-bond donors (Lipinski definition) is 0. The summed E-state index contributed by atoms with van der Waals surface area (Å²) in [5, 5.41) is 0. The molecular formula is C22H18F2N4O2. The summed E-state index contributed by atoms with van der Waals surface area (Å²) in [6.07, 6.45) is 3.33. The highest BCUT2D eigenvalue weighted by atomic mass is 19.1. The zero-order chi connectivity index (χ0) is 20.8. The van der Waals surface area contributed by atoms with Gasteiger partial charge in [0.15, 0.2) is 11.2 Å². The lowest BCUT2D eigenvalue weighted by Gasteiger charge is -2.13. The minimum absolute atomic E-state index is 0.0865. The Morgan fingerprint density at radius 1 is 1.03 bits per heavy atom. The van der Waals surface area contributed by atoms with Crippen LogP contribution in [0.1, 0.15) is 18.4 Å².